The Balaban J connectivity index is 2.66. The molecule has 0 heterocycles. The number of hydrogen-bond donors (Lipinski definition) is 1. The van der Waals surface area contributed by atoms with Gasteiger partial charge in [-0.15, -0.1) is 0 Å². The van der Waals surface area contributed by atoms with Crippen LogP contribution in [0.4, 0.5) is 0 Å². The Hall–Kier alpha value is -1.39. The molecule has 0 fully saturated rings. The van der Waals surface area contributed by atoms with E-state index in [2.05, 4.69) is 0 Å². The molecule has 0 aliphatic rings. The van der Waals surface area contributed by atoms with Gasteiger partial charge in [-0.2, -0.15) is 0 Å². The first-order chi connectivity index (χ1) is 8.15. The minimum atomic E-state index is -0.476. The summed E-state index contributed by atoms with van der Waals surface area (Å²) in [6.45, 7) is 3.36. The fraction of sp³-hybridized carbons (Fsp3) is 0.462. The third-order valence-electron chi connectivity index (χ3n) is 2.48. The van der Waals surface area contributed by atoms with Crippen LogP contribution in [0, 0.1) is 0 Å². The monoisotopic (exact) mass is 236 g/mol. The Morgan fingerprint density at radius 1 is 1.41 bits per heavy atom. The molecule has 0 spiro atoms. The lowest BCUT2D eigenvalue weighted by molar-refractivity contribution is -0.133. The van der Waals surface area contributed by atoms with Crippen LogP contribution in [0.15, 0.2) is 30.3 Å². The Morgan fingerprint density at radius 3 is 2.59 bits per heavy atom. The van der Waals surface area contributed by atoms with Gasteiger partial charge < -0.3 is 15.4 Å². The number of ether oxygens (including phenoxy) is 1. The third kappa shape index (κ3) is 4.54. The molecule has 0 aromatic heterocycles. The second-order valence-electron chi connectivity index (χ2n) is 4.03. The summed E-state index contributed by atoms with van der Waals surface area (Å²) in [6.07, 6.45) is 0. The van der Waals surface area contributed by atoms with Crippen LogP contribution in [0.2, 0.25) is 0 Å². The predicted octanol–water partition coefficient (Wildman–Crippen LogP) is 1.01. The molecule has 2 N–H and O–H groups in total. The van der Waals surface area contributed by atoms with Crippen LogP contribution in [0.25, 0.3) is 0 Å². The second-order valence-corrected chi connectivity index (χ2v) is 4.03. The van der Waals surface area contributed by atoms with Gasteiger partial charge in [0.25, 0.3) is 0 Å². The number of amides is 1. The van der Waals surface area contributed by atoms with Crippen molar-refractivity contribution in [1.82, 2.24) is 4.90 Å². The first-order valence-corrected chi connectivity index (χ1v) is 5.72. The molecule has 1 unspecified atom stereocenters. The standard InChI is InChI=1S/C13H20N2O2/c1-11(14)13(16)15(8-9-17-2)10-12-6-4-3-5-7-12/h3-7,11H,8-10,14H2,1-2H3. The van der Waals surface area contributed by atoms with E-state index in [9.17, 15) is 4.79 Å². The van der Waals surface area contributed by atoms with E-state index in [0.717, 1.165) is 5.56 Å². The molecule has 0 bridgehead atoms. The number of rotatable bonds is 6. The average molecular weight is 236 g/mol. The van der Waals surface area contributed by atoms with Crippen LogP contribution in [0.5, 0.6) is 0 Å². The van der Waals surface area contributed by atoms with Crippen molar-refractivity contribution in [1.29, 1.82) is 0 Å². The maximum absolute atomic E-state index is 11.9. The van der Waals surface area contributed by atoms with Gasteiger partial charge in [0.05, 0.1) is 12.6 Å². The number of methoxy groups -OCH3 is 1. The zero-order valence-corrected chi connectivity index (χ0v) is 10.4. The summed E-state index contributed by atoms with van der Waals surface area (Å²) in [7, 11) is 1.62. The van der Waals surface area contributed by atoms with Crippen molar-refractivity contribution in [3.05, 3.63) is 35.9 Å². The number of nitrogens with zero attached hydrogens (tertiary/aromatic N) is 1. The molecule has 1 aromatic rings. The summed E-state index contributed by atoms with van der Waals surface area (Å²) in [6, 6.07) is 9.38. The van der Waals surface area contributed by atoms with Crippen molar-refractivity contribution in [3.63, 3.8) is 0 Å². The molecule has 0 saturated carbocycles. The first kappa shape index (κ1) is 13.7. The van der Waals surface area contributed by atoms with Crippen molar-refractivity contribution in [2.45, 2.75) is 19.5 Å². The van der Waals surface area contributed by atoms with E-state index < -0.39 is 6.04 Å². The normalized spacial score (nSPS) is 12.2. The third-order valence-corrected chi connectivity index (χ3v) is 2.48. The molecule has 94 valence electrons. The summed E-state index contributed by atoms with van der Waals surface area (Å²) in [5, 5.41) is 0. The van der Waals surface area contributed by atoms with E-state index in [1.165, 1.54) is 0 Å². The smallest absolute Gasteiger partial charge is 0.239 e. The molecule has 17 heavy (non-hydrogen) atoms. The number of carbonyl (C=O) groups excluding carboxylic acids is 1. The van der Waals surface area contributed by atoms with Crippen LogP contribution < -0.4 is 5.73 Å². The van der Waals surface area contributed by atoms with Gasteiger partial charge in [0.1, 0.15) is 0 Å². The van der Waals surface area contributed by atoms with Crippen LogP contribution in [0.1, 0.15) is 12.5 Å². The largest absolute Gasteiger partial charge is 0.383 e. The maximum Gasteiger partial charge on any atom is 0.239 e. The maximum atomic E-state index is 11.9. The van der Waals surface area contributed by atoms with Crippen molar-refractivity contribution in [2.75, 3.05) is 20.3 Å². The number of hydrogen-bond acceptors (Lipinski definition) is 3. The van der Waals surface area contributed by atoms with Crippen LogP contribution in [-0.4, -0.2) is 37.1 Å². The molecule has 1 aromatic carbocycles. The lowest BCUT2D eigenvalue weighted by atomic mass is 10.2. The fourth-order valence-electron chi connectivity index (χ4n) is 1.56. The summed E-state index contributed by atoms with van der Waals surface area (Å²) >= 11 is 0. The van der Waals surface area contributed by atoms with Crippen LogP contribution >= 0.6 is 0 Å². The highest BCUT2D eigenvalue weighted by molar-refractivity contribution is 5.81. The molecule has 4 heteroatoms. The molecule has 1 rings (SSSR count). The molecule has 4 nitrogen and oxygen atoms in total. The van der Waals surface area contributed by atoms with Crippen LogP contribution in [0.3, 0.4) is 0 Å². The highest BCUT2D eigenvalue weighted by atomic mass is 16.5. The minimum absolute atomic E-state index is 0.0501. The Bertz CT molecular complexity index is 339. The number of carbonyl (C=O) groups is 1. The van der Waals surface area contributed by atoms with Gasteiger partial charge in [-0.1, -0.05) is 30.3 Å². The van der Waals surface area contributed by atoms with E-state index in [-0.39, 0.29) is 5.91 Å². The lowest BCUT2D eigenvalue weighted by Crippen LogP contribution is -2.43. The van der Waals surface area contributed by atoms with Crippen molar-refractivity contribution >= 4 is 5.91 Å². The lowest BCUT2D eigenvalue weighted by Gasteiger charge is -2.24. The Morgan fingerprint density at radius 2 is 2.06 bits per heavy atom. The van der Waals surface area contributed by atoms with E-state index >= 15 is 0 Å². The van der Waals surface area contributed by atoms with E-state index in [0.29, 0.717) is 19.7 Å². The van der Waals surface area contributed by atoms with E-state index in [1.807, 2.05) is 30.3 Å². The molecule has 1 amide bonds. The molecular formula is C13H20N2O2. The highest BCUT2D eigenvalue weighted by Crippen LogP contribution is 2.05. The Labute approximate surface area is 102 Å². The zero-order chi connectivity index (χ0) is 12.7. The highest BCUT2D eigenvalue weighted by Gasteiger charge is 2.17. The van der Waals surface area contributed by atoms with Gasteiger partial charge in [0.15, 0.2) is 0 Å². The van der Waals surface area contributed by atoms with E-state index in [1.54, 1.807) is 18.9 Å². The quantitative estimate of drug-likeness (QED) is 0.802. The molecular weight excluding hydrogens is 216 g/mol. The molecule has 0 aliphatic heterocycles. The summed E-state index contributed by atoms with van der Waals surface area (Å²) < 4.78 is 5.01. The van der Waals surface area contributed by atoms with Crippen molar-refractivity contribution < 1.29 is 9.53 Å². The van der Waals surface area contributed by atoms with Gasteiger partial charge in [0, 0.05) is 20.2 Å². The number of benzene rings is 1. The van der Waals surface area contributed by atoms with Gasteiger partial charge >= 0.3 is 0 Å². The molecule has 0 radical (unpaired) electrons. The van der Waals surface area contributed by atoms with Crippen LogP contribution in [-0.2, 0) is 16.1 Å². The average Bonchev–Trinajstić information content (AvgIpc) is 2.34. The molecule has 0 saturated heterocycles. The van der Waals surface area contributed by atoms with Gasteiger partial charge in [0.2, 0.25) is 5.91 Å². The van der Waals surface area contributed by atoms with Crippen molar-refractivity contribution in [3.8, 4) is 0 Å². The van der Waals surface area contributed by atoms with Crippen molar-refractivity contribution in [2.24, 2.45) is 5.73 Å². The zero-order valence-electron chi connectivity index (χ0n) is 10.4. The Kier molecular flexibility index (Phi) is 5.66. The van der Waals surface area contributed by atoms with Gasteiger partial charge in [-0.3, -0.25) is 4.79 Å². The fourth-order valence-corrected chi connectivity index (χ4v) is 1.56. The predicted molar refractivity (Wildman–Crippen MR) is 67.4 cm³/mol. The number of nitrogens with two attached hydrogens (primary N) is 1. The molecule has 1 atom stereocenters. The summed E-state index contributed by atoms with van der Waals surface area (Å²) in [5.41, 5.74) is 6.73. The SMILES string of the molecule is COCCN(Cc1ccccc1)C(=O)C(C)N. The minimum Gasteiger partial charge on any atom is -0.383 e. The van der Waals surface area contributed by atoms with Gasteiger partial charge in [-0.25, -0.2) is 0 Å². The summed E-state index contributed by atoms with van der Waals surface area (Å²) in [4.78, 5) is 13.6. The van der Waals surface area contributed by atoms with Gasteiger partial charge in [-0.05, 0) is 12.5 Å². The molecule has 0 aliphatic carbocycles. The topological polar surface area (TPSA) is 55.6 Å². The second kappa shape index (κ2) is 7.04. The first-order valence-electron chi connectivity index (χ1n) is 5.72. The summed E-state index contributed by atoms with van der Waals surface area (Å²) in [5.74, 6) is -0.0501. The van der Waals surface area contributed by atoms with E-state index in [4.69, 9.17) is 10.5 Å².